The van der Waals surface area contributed by atoms with Crippen LogP contribution in [0.1, 0.15) is 0 Å². The molecule has 76 valence electrons. The van der Waals surface area contributed by atoms with Crippen molar-refractivity contribution in [2.45, 2.75) is 0 Å². The average molecular weight is 204 g/mol. The Labute approximate surface area is 85.1 Å². The van der Waals surface area contributed by atoms with Crippen LogP contribution in [0.3, 0.4) is 0 Å². The van der Waals surface area contributed by atoms with E-state index >= 15 is 0 Å². The molecule has 0 radical (unpaired) electrons. The Balaban J connectivity index is 2.24. The molecule has 2 aromatic rings. The van der Waals surface area contributed by atoms with Gasteiger partial charge in [0.1, 0.15) is 0 Å². The van der Waals surface area contributed by atoms with Crippen LogP contribution in [0.4, 0.5) is 10.8 Å². The molecule has 1 aromatic heterocycles. The van der Waals surface area contributed by atoms with Gasteiger partial charge in [0.2, 0.25) is 5.82 Å². The summed E-state index contributed by atoms with van der Waals surface area (Å²) in [6.07, 6.45) is 0. The molecular weight excluding hydrogens is 196 g/mol. The molecule has 6 nitrogen and oxygen atoms in total. The molecule has 0 saturated heterocycles. The molecule has 0 spiro atoms. The predicted octanol–water partition coefficient (Wildman–Crippen LogP) is 1.23. The monoisotopic (exact) mass is 204 g/mol. The molecule has 0 aliphatic rings. The molecule has 2 amide bonds. The van der Waals surface area contributed by atoms with Crippen molar-refractivity contribution in [1.82, 2.24) is 10.1 Å². The highest BCUT2D eigenvalue weighted by Gasteiger charge is 2.08. The molecule has 15 heavy (non-hydrogen) atoms. The van der Waals surface area contributed by atoms with Crippen LogP contribution in [0.2, 0.25) is 0 Å². The third-order valence-corrected chi connectivity index (χ3v) is 1.69. The molecule has 3 N–H and O–H groups in total. The first-order valence-corrected chi connectivity index (χ1v) is 4.21. The first-order chi connectivity index (χ1) is 7.25. The number of urea groups is 1. The summed E-state index contributed by atoms with van der Waals surface area (Å²) in [5, 5.41) is 5.88. The van der Waals surface area contributed by atoms with Crippen molar-refractivity contribution < 1.29 is 9.32 Å². The number of aromatic nitrogens is 2. The number of anilines is 1. The predicted molar refractivity (Wildman–Crippen MR) is 52.9 cm³/mol. The maximum absolute atomic E-state index is 10.5. The van der Waals surface area contributed by atoms with Crippen LogP contribution < -0.4 is 11.1 Å². The largest absolute Gasteiger partial charge is 0.351 e. The van der Waals surface area contributed by atoms with Gasteiger partial charge in [-0.2, -0.15) is 4.98 Å². The summed E-state index contributed by atoms with van der Waals surface area (Å²) in [5.74, 6) is 0.402. The number of benzene rings is 1. The van der Waals surface area contributed by atoms with Crippen LogP contribution in [0, 0.1) is 0 Å². The van der Waals surface area contributed by atoms with E-state index < -0.39 is 6.03 Å². The summed E-state index contributed by atoms with van der Waals surface area (Å²) in [6, 6.07) is 8.50. The Morgan fingerprint density at radius 2 is 2.07 bits per heavy atom. The molecule has 1 heterocycles. The maximum atomic E-state index is 10.5. The van der Waals surface area contributed by atoms with Crippen molar-refractivity contribution in [3.63, 3.8) is 0 Å². The van der Waals surface area contributed by atoms with Gasteiger partial charge >= 0.3 is 12.0 Å². The summed E-state index contributed by atoms with van der Waals surface area (Å²) in [7, 11) is 0. The van der Waals surface area contributed by atoms with Crippen molar-refractivity contribution in [2.75, 3.05) is 5.32 Å². The number of carbonyl (C=O) groups is 1. The standard InChI is InChI=1S/C9H8N4O2/c10-8(14)12-9-11-7(13-15-9)6-4-2-1-3-5-6/h1-5H,(H3,10,11,12,13,14). The summed E-state index contributed by atoms with van der Waals surface area (Å²) < 4.78 is 4.76. The van der Waals surface area contributed by atoms with Crippen LogP contribution in [-0.4, -0.2) is 16.2 Å². The number of nitrogens with two attached hydrogens (primary N) is 1. The Hall–Kier alpha value is -2.37. The van der Waals surface area contributed by atoms with Crippen molar-refractivity contribution in [3.05, 3.63) is 30.3 Å². The minimum absolute atomic E-state index is 0.0126. The van der Waals surface area contributed by atoms with Gasteiger partial charge in [-0.15, -0.1) is 0 Å². The SMILES string of the molecule is NC(=O)Nc1nc(-c2ccccc2)no1. The lowest BCUT2D eigenvalue weighted by atomic mass is 10.2. The fraction of sp³-hybridized carbons (Fsp3) is 0. The Morgan fingerprint density at radius 3 is 2.73 bits per heavy atom. The topological polar surface area (TPSA) is 94.0 Å². The van der Waals surface area contributed by atoms with Gasteiger partial charge in [-0.3, -0.25) is 5.32 Å². The van der Waals surface area contributed by atoms with Crippen molar-refractivity contribution in [2.24, 2.45) is 5.73 Å². The highest BCUT2D eigenvalue weighted by molar-refractivity contribution is 5.85. The molecule has 0 atom stereocenters. The number of hydrogen-bond acceptors (Lipinski definition) is 4. The molecule has 0 bridgehead atoms. The van der Waals surface area contributed by atoms with Gasteiger partial charge in [0, 0.05) is 5.56 Å². The molecule has 0 fully saturated rings. The number of carbonyl (C=O) groups excluding carboxylic acids is 1. The lowest BCUT2D eigenvalue weighted by Gasteiger charge is -1.91. The molecule has 0 unspecified atom stereocenters. The van der Waals surface area contributed by atoms with Gasteiger partial charge in [-0.05, 0) is 0 Å². The number of nitrogens with zero attached hydrogens (tertiary/aromatic N) is 2. The van der Waals surface area contributed by atoms with Gasteiger partial charge in [0.25, 0.3) is 0 Å². The lowest BCUT2D eigenvalue weighted by molar-refractivity contribution is 0.258. The van der Waals surface area contributed by atoms with Gasteiger partial charge in [0.15, 0.2) is 0 Å². The van der Waals surface area contributed by atoms with E-state index in [9.17, 15) is 4.79 Å². The zero-order valence-electron chi connectivity index (χ0n) is 7.68. The Bertz CT molecular complexity index is 466. The highest BCUT2D eigenvalue weighted by Crippen LogP contribution is 2.16. The quantitative estimate of drug-likeness (QED) is 0.769. The van der Waals surface area contributed by atoms with E-state index in [1.54, 1.807) is 0 Å². The third-order valence-electron chi connectivity index (χ3n) is 1.69. The number of amides is 2. The number of rotatable bonds is 2. The molecule has 0 saturated carbocycles. The van der Waals surface area contributed by atoms with E-state index in [1.807, 2.05) is 30.3 Å². The van der Waals surface area contributed by atoms with Crippen LogP contribution >= 0.6 is 0 Å². The molecular formula is C9H8N4O2. The van der Waals surface area contributed by atoms with Crippen molar-refractivity contribution in [3.8, 4) is 11.4 Å². The fourth-order valence-electron chi connectivity index (χ4n) is 1.08. The summed E-state index contributed by atoms with van der Waals surface area (Å²) in [4.78, 5) is 14.4. The van der Waals surface area contributed by atoms with E-state index in [1.165, 1.54) is 0 Å². The Kier molecular flexibility index (Phi) is 2.32. The maximum Gasteiger partial charge on any atom is 0.329 e. The fourth-order valence-corrected chi connectivity index (χ4v) is 1.08. The minimum atomic E-state index is -0.738. The Morgan fingerprint density at radius 1 is 1.33 bits per heavy atom. The molecule has 6 heteroatoms. The van der Waals surface area contributed by atoms with E-state index in [0.29, 0.717) is 5.82 Å². The molecule has 0 aliphatic carbocycles. The second-order valence-corrected chi connectivity index (χ2v) is 2.78. The van der Waals surface area contributed by atoms with E-state index in [4.69, 9.17) is 10.3 Å². The van der Waals surface area contributed by atoms with Gasteiger partial charge in [0.05, 0.1) is 0 Å². The second-order valence-electron chi connectivity index (χ2n) is 2.78. The molecule has 0 aliphatic heterocycles. The van der Waals surface area contributed by atoms with Crippen molar-refractivity contribution in [1.29, 1.82) is 0 Å². The van der Waals surface area contributed by atoms with E-state index in [0.717, 1.165) is 5.56 Å². The zero-order chi connectivity index (χ0) is 10.7. The number of hydrogen-bond donors (Lipinski definition) is 2. The summed E-state index contributed by atoms with van der Waals surface area (Å²) in [6.45, 7) is 0. The first-order valence-electron chi connectivity index (χ1n) is 4.21. The van der Waals surface area contributed by atoms with Crippen LogP contribution in [0.15, 0.2) is 34.9 Å². The lowest BCUT2D eigenvalue weighted by Crippen LogP contribution is -2.19. The van der Waals surface area contributed by atoms with E-state index in [2.05, 4.69) is 15.5 Å². The van der Waals surface area contributed by atoms with Gasteiger partial charge in [-0.25, -0.2) is 4.79 Å². The van der Waals surface area contributed by atoms with Crippen LogP contribution in [-0.2, 0) is 0 Å². The molecule has 1 aromatic carbocycles. The van der Waals surface area contributed by atoms with Crippen molar-refractivity contribution >= 4 is 12.0 Å². The number of nitrogens with one attached hydrogen (secondary N) is 1. The summed E-state index contributed by atoms with van der Waals surface area (Å²) >= 11 is 0. The van der Waals surface area contributed by atoms with Gasteiger partial charge in [-0.1, -0.05) is 35.5 Å². The third kappa shape index (κ3) is 2.11. The highest BCUT2D eigenvalue weighted by atomic mass is 16.5. The smallest absolute Gasteiger partial charge is 0.329 e. The summed E-state index contributed by atoms with van der Waals surface area (Å²) in [5.41, 5.74) is 5.70. The zero-order valence-corrected chi connectivity index (χ0v) is 7.68. The first kappa shape index (κ1) is 9.20. The minimum Gasteiger partial charge on any atom is -0.351 e. The van der Waals surface area contributed by atoms with Gasteiger partial charge < -0.3 is 10.3 Å². The van der Waals surface area contributed by atoms with E-state index in [-0.39, 0.29) is 6.01 Å². The number of primary amides is 1. The molecule has 2 rings (SSSR count). The van der Waals surface area contributed by atoms with Crippen LogP contribution in [0.5, 0.6) is 0 Å². The average Bonchev–Trinajstić information content (AvgIpc) is 2.67. The second kappa shape index (κ2) is 3.79. The van der Waals surface area contributed by atoms with Crippen LogP contribution in [0.25, 0.3) is 11.4 Å². The normalized spacial score (nSPS) is 9.87.